The van der Waals surface area contributed by atoms with Crippen molar-refractivity contribution in [3.8, 4) is 0 Å². The van der Waals surface area contributed by atoms with Gasteiger partial charge in [-0.2, -0.15) is 0 Å². The molecule has 1 aliphatic heterocycles. The predicted molar refractivity (Wildman–Crippen MR) is 97.1 cm³/mol. The Morgan fingerprint density at radius 1 is 0.920 bits per heavy atom. The highest BCUT2D eigenvalue weighted by Crippen LogP contribution is 2.18. The molecule has 4 rings (SSSR count). The van der Waals surface area contributed by atoms with Gasteiger partial charge in [0.2, 0.25) is 5.89 Å². The van der Waals surface area contributed by atoms with E-state index in [1.807, 2.05) is 54.6 Å². The normalized spacial score (nSPS) is 17.8. The van der Waals surface area contributed by atoms with Gasteiger partial charge in [-0.25, -0.2) is 4.98 Å². The number of benzene rings is 2. The monoisotopic (exact) mass is 337 g/mol. The molecule has 1 fully saturated rings. The Morgan fingerprint density at radius 2 is 1.60 bits per heavy atom. The number of β-amino-alcohol motifs (C(OH)–C–C–N with tert-alkyl or cyclic N) is 1. The molecule has 0 radical (unpaired) electrons. The molecule has 0 saturated carbocycles. The van der Waals surface area contributed by atoms with Crippen molar-refractivity contribution in [2.75, 3.05) is 32.7 Å². The number of rotatable bonds is 5. The molecule has 1 saturated heterocycles. The van der Waals surface area contributed by atoms with Crippen LogP contribution in [0.4, 0.5) is 0 Å². The predicted octanol–water partition coefficient (Wildman–Crippen LogP) is 2.68. The van der Waals surface area contributed by atoms with Crippen LogP contribution in [0, 0.1) is 0 Å². The van der Waals surface area contributed by atoms with Gasteiger partial charge in [-0.05, 0) is 17.7 Å². The number of fused-ring (bicyclic) bond motifs is 1. The Bertz CT molecular complexity index is 777. The number of para-hydroxylation sites is 2. The number of nitrogens with zero attached hydrogens (tertiary/aromatic N) is 3. The minimum atomic E-state index is -0.426. The summed E-state index contributed by atoms with van der Waals surface area (Å²) in [6.07, 6.45) is -0.426. The van der Waals surface area contributed by atoms with Crippen molar-refractivity contribution in [1.82, 2.24) is 14.8 Å². The lowest BCUT2D eigenvalue weighted by molar-refractivity contribution is 0.0673. The molecule has 1 aromatic heterocycles. The Morgan fingerprint density at radius 3 is 2.36 bits per heavy atom. The van der Waals surface area contributed by atoms with Crippen molar-refractivity contribution in [2.24, 2.45) is 0 Å². The Labute approximate surface area is 147 Å². The Kier molecular flexibility index (Phi) is 4.78. The molecule has 1 atom stereocenters. The van der Waals surface area contributed by atoms with Gasteiger partial charge < -0.3 is 9.52 Å². The summed E-state index contributed by atoms with van der Waals surface area (Å²) < 4.78 is 5.81. The first kappa shape index (κ1) is 16.3. The number of oxazole rings is 1. The van der Waals surface area contributed by atoms with Crippen LogP contribution in [0.15, 0.2) is 59.0 Å². The van der Waals surface area contributed by atoms with Crippen molar-refractivity contribution in [1.29, 1.82) is 0 Å². The second-order valence-corrected chi connectivity index (χ2v) is 6.58. The molecule has 130 valence electrons. The van der Waals surface area contributed by atoms with Gasteiger partial charge in [-0.15, -0.1) is 0 Å². The van der Waals surface area contributed by atoms with E-state index < -0.39 is 6.10 Å². The van der Waals surface area contributed by atoms with E-state index in [1.165, 1.54) is 0 Å². The van der Waals surface area contributed by atoms with Crippen molar-refractivity contribution in [3.63, 3.8) is 0 Å². The van der Waals surface area contributed by atoms with Crippen LogP contribution in [-0.4, -0.2) is 52.6 Å². The topological polar surface area (TPSA) is 52.7 Å². The first-order valence-corrected chi connectivity index (χ1v) is 8.80. The van der Waals surface area contributed by atoms with E-state index in [9.17, 15) is 5.11 Å². The van der Waals surface area contributed by atoms with E-state index in [0.29, 0.717) is 6.54 Å². The summed E-state index contributed by atoms with van der Waals surface area (Å²) in [5.74, 6) is 0.777. The first-order chi connectivity index (χ1) is 12.3. The van der Waals surface area contributed by atoms with Gasteiger partial charge in [0.15, 0.2) is 5.58 Å². The third kappa shape index (κ3) is 3.90. The average molecular weight is 337 g/mol. The minimum absolute atomic E-state index is 0.426. The van der Waals surface area contributed by atoms with Gasteiger partial charge in [0.05, 0.1) is 12.6 Å². The van der Waals surface area contributed by atoms with Crippen molar-refractivity contribution >= 4 is 11.1 Å². The quantitative estimate of drug-likeness (QED) is 0.776. The molecule has 0 unspecified atom stereocenters. The van der Waals surface area contributed by atoms with Crippen LogP contribution >= 0.6 is 0 Å². The molecule has 0 amide bonds. The fourth-order valence-electron chi connectivity index (χ4n) is 3.33. The van der Waals surface area contributed by atoms with Crippen molar-refractivity contribution in [2.45, 2.75) is 12.6 Å². The van der Waals surface area contributed by atoms with Gasteiger partial charge in [-0.3, -0.25) is 9.80 Å². The van der Waals surface area contributed by atoms with E-state index in [2.05, 4.69) is 14.8 Å². The number of aromatic nitrogens is 1. The van der Waals surface area contributed by atoms with Gasteiger partial charge in [0.1, 0.15) is 5.52 Å². The Balaban J connectivity index is 1.29. The maximum absolute atomic E-state index is 10.4. The molecular weight excluding hydrogens is 314 g/mol. The maximum atomic E-state index is 10.4. The van der Waals surface area contributed by atoms with Gasteiger partial charge in [0.25, 0.3) is 0 Å². The molecule has 5 nitrogen and oxygen atoms in total. The molecule has 1 aliphatic rings. The lowest BCUT2D eigenvalue weighted by Gasteiger charge is -2.35. The summed E-state index contributed by atoms with van der Waals surface area (Å²) in [7, 11) is 0. The summed E-state index contributed by atoms with van der Waals surface area (Å²) in [5.41, 5.74) is 2.75. The third-order valence-electron chi connectivity index (χ3n) is 4.78. The molecule has 2 heterocycles. The summed E-state index contributed by atoms with van der Waals surface area (Å²) >= 11 is 0. The van der Waals surface area contributed by atoms with E-state index in [-0.39, 0.29) is 0 Å². The van der Waals surface area contributed by atoms with Crippen LogP contribution in [-0.2, 0) is 6.54 Å². The third-order valence-corrected chi connectivity index (χ3v) is 4.78. The van der Waals surface area contributed by atoms with Crippen molar-refractivity contribution < 1.29 is 9.52 Å². The van der Waals surface area contributed by atoms with E-state index in [0.717, 1.165) is 55.3 Å². The minimum Gasteiger partial charge on any atom is -0.439 e. The van der Waals surface area contributed by atoms with Crippen LogP contribution in [0.2, 0.25) is 0 Å². The maximum Gasteiger partial charge on any atom is 0.209 e. The molecule has 0 bridgehead atoms. The van der Waals surface area contributed by atoms with Crippen molar-refractivity contribution in [3.05, 3.63) is 66.1 Å². The average Bonchev–Trinajstić information content (AvgIpc) is 3.06. The van der Waals surface area contributed by atoms with Crippen LogP contribution in [0.25, 0.3) is 11.1 Å². The molecule has 1 N–H and O–H groups in total. The summed E-state index contributed by atoms with van der Waals surface area (Å²) in [6, 6.07) is 17.7. The lowest BCUT2D eigenvalue weighted by Crippen LogP contribution is -2.47. The number of hydrogen-bond acceptors (Lipinski definition) is 5. The van der Waals surface area contributed by atoms with Crippen LogP contribution in [0.1, 0.15) is 17.6 Å². The zero-order chi connectivity index (χ0) is 17.1. The summed E-state index contributed by atoms with van der Waals surface area (Å²) in [4.78, 5) is 9.23. The molecule has 3 aromatic rings. The highest BCUT2D eigenvalue weighted by atomic mass is 16.3. The van der Waals surface area contributed by atoms with E-state index in [1.54, 1.807) is 0 Å². The highest BCUT2D eigenvalue weighted by molar-refractivity contribution is 5.72. The van der Waals surface area contributed by atoms with Crippen LogP contribution in [0.3, 0.4) is 0 Å². The largest absolute Gasteiger partial charge is 0.439 e. The van der Waals surface area contributed by atoms with Gasteiger partial charge in [-0.1, -0.05) is 42.5 Å². The number of aliphatic hydroxyl groups excluding tert-OH is 1. The number of hydrogen-bond donors (Lipinski definition) is 1. The van der Waals surface area contributed by atoms with Crippen LogP contribution < -0.4 is 0 Å². The number of piperazine rings is 1. The van der Waals surface area contributed by atoms with Crippen LogP contribution in [0.5, 0.6) is 0 Å². The standard InChI is InChI=1S/C20H23N3O2/c24-18(16-6-2-1-3-7-16)14-22-10-12-23(13-11-22)15-20-21-17-8-4-5-9-19(17)25-20/h1-9,18,24H,10-15H2/t18-/m1/s1. The second kappa shape index (κ2) is 7.35. The van der Waals surface area contributed by atoms with Gasteiger partial charge >= 0.3 is 0 Å². The molecule has 5 heteroatoms. The smallest absolute Gasteiger partial charge is 0.209 e. The SMILES string of the molecule is O[C@H](CN1CCN(Cc2nc3ccccc3o2)CC1)c1ccccc1. The lowest BCUT2D eigenvalue weighted by atomic mass is 10.1. The fraction of sp³-hybridized carbons (Fsp3) is 0.350. The van der Waals surface area contributed by atoms with E-state index >= 15 is 0 Å². The first-order valence-electron chi connectivity index (χ1n) is 8.80. The molecule has 0 aliphatic carbocycles. The zero-order valence-corrected chi connectivity index (χ0v) is 14.2. The zero-order valence-electron chi connectivity index (χ0n) is 14.2. The van der Waals surface area contributed by atoms with E-state index in [4.69, 9.17) is 4.42 Å². The number of aliphatic hydroxyl groups is 1. The Hall–Kier alpha value is -2.21. The van der Waals surface area contributed by atoms with Gasteiger partial charge in [0, 0.05) is 32.7 Å². The molecule has 25 heavy (non-hydrogen) atoms. The molecule has 2 aromatic carbocycles. The summed E-state index contributed by atoms with van der Waals surface area (Å²) in [5, 5.41) is 10.4. The highest BCUT2D eigenvalue weighted by Gasteiger charge is 2.21. The summed E-state index contributed by atoms with van der Waals surface area (Å²) in [6.45, 7) is 5.24. The molecular formula is C20H23N3O2. The fourth-order valence-corrected chi connectivity index (χ4v) is 3.33. The second-order valence-electron chi connectivity index (χ2n) is 6.58. The molecule has 0 spiro atoms.